The molecule has 9 nitrogen and oxygen atoms in total. The third-order valence-corrected chi connectivity index (χ3v) is 9.26. The molecule has 0 unspecified atom stereocenters. The van der Waals surface area contributed by atoms with Gasteiger partial charge in [0.1, 0.15) is 11.3 Å². The summed E-state index contributed by atoms with van der Waals surface area (Å²) in [5.74, 6) is -0.104. The lowest BCUT2D eigenvalue weighted by Crippen LogP contribution is -2.51. The molecule has 3 aliphatic heterocycles. The predicted molar refractivity (Wildman–Crippen MR) is 138 cm³/mol. The van der Waals surface area contributed by atoms with Crippen LogP contribution in [0.3, 0.4) is 0 Å². The van der Waals surface area contributed by atoms with Crippen molar-refractivity contribution in [2.45, 2.75) is 36.7 Å². The Kier molecular flexibility index (Phi) is 7.06. The average Bonchev–Trinajstić information content (AvgIpc) is 3.32. The highest BCUT2D eigenvalue weighted by Gasteiger charge is 2.43. The molecule has 10 heteroatoms. The zero-order valence-electron chi connectivity index (χ0n) is 20.9. The van der Waals surface area contributed by atoms with E-state index in [-0.39, 0.29) is 16.7 Å². The summed E-state index contributed by atoms with van der Waals surface area (Å²) in [5.41, 5.74) is 4.44. The number of rotatable bonds is 5. The molecule has 1 spiro atoms. The van der Waals surface area contributed by atoms with Gasteiger partial charge in [0.25, 0.3) is 5.91 Å². The van der Waals surface area contributed by atoms with Crippen molar-refractivity contribution in [1.29, 1.82) is 0 Å². The van der Waals surface area contributed by atoms with E-state index in [1.807, 2.05) is 37.3 Å². The van der Waals surface area contributed by atoms with E-state index in [0.717, 1.165) is 11.1 Å². The molecular formula is C27H32N4O5S. The molecule has 2 aromatic carbocycles. The molecule has 196 valence electrons. The Morgan fingerprint density at radius 2 is 1.51 bits per heavy atom. The molecule has 0 radical (unpaired) electrons. The molecular weight excluding hydrogens is 492 g/mol. The first-order valence-electron chi connectivity index (χ1n) is 12.6. The predicted octanol–water partition coefficient (Wildman–Crippen LogP) is 1.85. The lowest BCUT2D eigenvalue weighted by atomic mass is 9.92. The molecule has 3 heterocycles. The smallest absolute Gasteiger partial charge is 0.272 e. The summed E-state index contributed by atoms with van der Waals surface area (Å²) in [6, 6.07) is 16.5. The number of sulfonamides is 1. The molecule has 2 amide bonds. The largest absolute Gasteiger partial charge is 0.339 e. The van der Waals surface area contributed by atoms with Crippen molar-refractivity contribution in [3.05, 3.63) is 77.5 Å². The fraction of sp³-hybridized carbons (Fsp3) is 0.407. The van der Waals surface area contributed by atoms with Crippen LogP contribution in [0.15, 0.2) is 71.3 Å². The molecule has 0 aliphatic carbocycles. The highest BCUT2D eigenvalue weighted by Crippen LogP contribution is 2.34. The normalized spacial score (nSPS) is 20.0. The van der Waals surface area contributed by atoms with Crippen LogP contribution in [-0.2, 0) is 30.9 Å². The van der Waals surface area contributed by atoms with Crippen LogP contribution >= 0.6 is 0 Å². The standard InChI is InChI=1S/C27H32N4O5S/c1-21-7-9-23(10-8-21)37(34,35)31-13-11-27(12-14-31)20-24(28-36-27)26(33)30-17-15-29(16-18-30)25(32)19-22-5-3-2-4-6-22/h2-10,20,28H,11-19H2,1H3. The maximum atomic E-state index is 13.1. The Morgan fingerprint density at radius 3 is 2.16 bits per heavy atom. The Morgan fingerprint density at radius 1 is 0.892 bits per heavy atom. The van der Waals surface area contributed by atoms with E-state index >= 15 is 0 Å². The fourth-order valence-corrected chi connectivity index (χ4v) is 6.45. The van der Waals surface area contributed by atoms with Gasteiger partial charge in [0.05, 0.1) is 11.3 Å². The van der Waals surface area contributed by atoms with Crippen molar-refractivity contribution in [3.8, 4) is 0 Å². The third kappa shape index (κ3) is 5.41. The number of piperidine rings is 1. The van der Waals surface area contributed by atoms with Gasteiger partial charge in [-0.3, -0.25) is 19.9 Å². The van der Waals surface area contributed by atoms with E-state index in [1.54, 1.807) is 40.1 Å². The van der Waals surface area contributed by atoms with E-state index in [2.05, 4.69) is 5.48 Å². The monoisotopic (exact) mass is 524 g/mol. The first-order valence-corrected chi connectivity index (χ1v) is 14.0. The van der Waals surface area contributed by atoms with Gasteiger partial charge < -0.3 is 9.80 Å². The molecule has 0 atom stereocenters. The number of carbonyl (C=O) groups excluding carboxylic acids is 2. The number of hydroxylamine groups is 1. The van der Waals surface area contributed by atoms with Gasteiger partial charge >= 0.3 is 0 Å². The summed E-state index contributed by atoms with van der Waals surface area (Å²) in [7, 11) is -3.58. The van der Waals surface area contributed by atoms with Gasteiger partial charge in [0.2, 0.25) is 15.9 Å². The molecule has 5 rings (SSSR count). The first-order chi connectivity index (χ1) is 17.8. The number of amides is 2. The van der Waals surface area contributed by atoms with Crippen LogP contribution in [0.25, 0.3) is 0 Å². The Hall–Kier alpha value is -3.21. The van der Waals surface area contributed by atoms with E-state index in [4.69, 9.17) is 4.84 Å². The lowest BCUT2D eigenvalue weighted by Gasteiger charge is -2.35. The summed E-state index contributed by atoms with van der Waals surface area (Å²) in [4.78, 5) is 35.4. The van der Waals surface area contributed by atoms with Gasteiger partial charge in [-0.05, 0) is 43.5 Å². The Labute approximate surface area is 217 Å². The van der Waals surface area contributed by atoms with Gasteiger partial charge in [0, 0.05) is 39.3 Å². The molecule has 2 saturated heterocycles. The number of piperazine rings is 1. The third-order valence-electron chi connectivity index (χ3n) is 7.35. The number of benzene rings is 2. The Balaban J connectivity index is 1.15. The van der Waals surface area contributed by atoms with Crippen molar-refractivity contribution >= 4 is 21.8 Å². The quantitative estimate of drug-likeness (QED) is 0.641. The number of carbonyl (C=O) groups is 2. The van der Waals surface area contributed by atoms with E-state index in [0.29, 0.717) is 64.2 Å². The van der Waals surface area contributed by atoms with E-state index in [9.17, 15) is 18.0 Å². The van der Waals surface area contributed by atoms with E-state index < -0.39 is 15.6 Å². The van der Waals surface area contributed by atoms with Gasteiger partial charge in [-0.1, -0.05) is 48.0 Å². The second-order valence-corrected chi connectivity index (χ2v) is 11.8. The van der Waals surface area contributed by atoms with Gasteiger partial charge in [-0.15, -0.1) is 0 Å². The van der Waals surface area contributed by atoms with Crippen molar-refractivity contribution in [1.82, 2.24) is 19.6 Å². The second-order valence-electron chi connectivity index (χ2n) is 9.88. The van der Waals surface area contributed by atoms with Crippen LogP contribution in [-0.4, -0.2) is 79.2 Å². The molecule has 1 N–H and O–H groups in total. The highest BCUT2D eigenvalue weighted by molar-refractivity contribution is 7.89. The van der Waals surface area contributed by atoms with Gasteiger partial charge in [-0.25, -0.2) is 8.42 Å². The lowest BCUT2D eigenvalue weighted by molar-refractivity contribution is -0.138. The number of hydrogen-bond donors (Lipinski definition) is 1. The maximum absolute atomic E-state index is 13.1. The maximum Gasteiger partial charge on any atom is 0.272 e. The molecule has 2 aromatic rings. The fourth-order valence-electron chi connectivity index (χ4n) is 5.01. The highest BCUT2D eigenvalue weighted by atomic mass is 32.2. The van der Waals surface area contributed by atoms with Crippen molar-refractivity contribution in [2.24, 2.45) is 0 Å². The van der Waals surface area contributed by atoms with Gasteiger partial charge in [-0.2, -0.15) is 4.31 Å². The number of nitrogens with zero attached hydrogens (tertiary/aromatic N) is 3. The zero-order chi connectivity index (χ0) is 26.0. The van der Waals surface area contributed by atoms with Crippen molar-refractivity contribution in [3.63, 3.8) is 0 Å². The van der Waals surface area contributed by atoms with Crippen LogP contribution in [0.1, 0.15) is 24.0 Å². The SMILES string of the molecule is Cc1ccc(S(=O)(=O)N2CCC3(C=C(C(=O)N4CCN(C(=O)Cc5ccccc5)CC4)NO3)CC2)cc1. The molecule has 0 aromatic heterocycles. The van der Waals surface area contributed by atoms with Crippen LogP contribution in [0.5, 0.6) is 0 Å². The van der Waals surface area contributed by atoms with E-state index in [1.165, 1.54) is 4.31 Å². The Bertz CT molecular complexity index is 1280. The first kappa shape index (κ1) is 25.4. The number of hydrogen-bond acceptors (Lipinski definition) is 6. The number of aryl methyl sites for hydroxylation is 1. The minimum absolute atomic E-state index is 0.0612. The minimum atomic E-state index is -3.58. The summed E-state index contributed by atoms with van der Waals surface area (Å²) in [6.45, 7) is 4.41. The van der Waals surface area contributed by atoms with Crippen LogP contribution in [0.2, 0.25) is 0 Å². The molecule has 3 aliphatic rings. The minimum Gasteiger partial charge on any atom is -0.339 e. The summed E-state index contributed by atoms with van der Waals surface area (Å²) >= 11 is 0. The van der Waals surface area contributed by atoms with Crippen molar-refractivity contribution in [2.75, 3.05) is 39.3 Å². The zero-order valence-corrected chi connectivity index (χ0v) is 21.7. The summed E-state index contributed by atoms with van der Waals surface area (Å²) < 4.78 is 27.5. The van der Waals surface area contributed by atoms with Crippen LogP contribution in [0.4, 0.5) is 0 Å². The molecule has 2 fully saturated rings. The van der Waals surface area contributed by atoms with Crippen LogP contribution in [0, 0.1) is 6.92 Å². The molecule has 0 saturated carbocycles. The second kappa shape index (κ2) is 10.3. The van der Waals surface area contributed by atoms with Gasteiger partial charge in [0.15, 0.2) is 0 Å². The number of nitrogens with one attached hydrogen (secondary N) is 1. The van der Waals surface area contributed by atoms with Crippen LogP contribution < -0.4 is 5.48 Å². The topological polar surface area (TPSA) is 99.3 Å². The molecule has 37 heavy (non-hydrogen) atoms. The van der Waals surface area contributed by atoms with Crippen molar-refractivity contribution < 1.29 is 22.8 Å². The summed E-state index contributed by atoms with van der Waals surface area (Å²) in [5, 5.41) is 0. The average molecular weight is 525 g/mol. The molecule has 0 bridgehead atoms. The summed E-state index contributed by atoms with van der Waals surface area (Å²) in [6.07, 6.45) is 3.06.